The second-order valence-electron chi connectivity index (χ2n) is 5.09. The molecule has 1 unspecified atom stereocenters. The summed E-state index contributed by atoms with van der Waals surface area (Å²) in [6, 6.07) is 17.4. The molecule has 4 heteroatoms. The van der Waals surface area contributed by atoms with E-state index in [9.17, 15) is 4.79 Å². The summed E-state index contributed by atoms with van der Waals surface area (Å²) in [4.78, 5) is 12.0. The van der Waals surface area contributed by atoms with Crippen molar-refractivity contribution in [3.05, 3.63) is 65.7 Å². The summed E-state index contributed by atoms with van der Waals surface area (Å²) in [5.74, 6) is 0. The summed E-state index contributed by atoms with van der Waals surface area (Å²) in [6.07, 6.45) is 0.721. The van der Waals surface area contributed by atoms with E-state index in [1.807, 2.05) is 61.5 Å². The highest BCUT2D eigenvalue weighted by molar-refractivity contribution is 5.89. The van der Waals surface area contributed by atoms with Crippen LogP contribution in [0, 0.1) is 6.92 Å². The number of amides is 2. The lowest BCUT2D eigenvalue weighted by atomic mass is 10.1. The number of aryl methyl sites for hydroxylation is 1. The zero-order valence-electron chi connectivity index (χ0n) is 12.2. The molecule has 2 aromatic carbocycles. The van der Waals surface area contributed by atoms with Gasteiger partial charge in [-0.05, 0) is 31.0 Å². The van der Waals surface area contributed by atoms with Gasteiger partial charge in [0.25, 0.3) is 0 Å². The third-order valence-corrected chi connectivity index (χ3v) is 3.25. The van der Waals surface area contributed by atoms with Gasteiger partial charge in [0.15, 0.2) is 0 Å². The number of benzene rings is 2. The Labute approximate surface area is 125 Å². The van der Waals surface area contributed by atoms with Crippen LogP contribution < -0.4 is 16.4 Å². The first-order chi connectivity index (χ1) is 10.2. The van der Waals surface area contributed by atoms with Gasteiger partial charge in [-0.3, -0.25) is 0 Å². The lowest BCUT2D eigenvalue weighted by Crippen LogP contribution is -2.43. The van der Waals surface area contributed by atoms with Gasteiger partial charge in [-0.2, -0.15) is 0 Å². The fourth-order valence-corrected chi connectivity index (χ4v) is 2.08. The van der Waals surface area contributed by atoms with E-state index in [1.54, 1.807) is 0 Å². The number of nitrogens with one attached hydrogen (secondary N) is 2. The molecule has 0 saturated heterocycles. The zero-order valence-corrected chi connectivity index (χ0v) is 12.2. The van der Waals surface area contributed by atoms with E-state index >= 15 is 0 Å². The van der Waals surface area contributed by atoms with Crippen molar-refractivity contribution < 1.29 is 4.79 Å². The molecular formula is C17H21N3O. The first-order valence-electron chi connectivity index (χ1n) is 7.05. The largest absolute Gasteiger partial charge is 0.334 e. The molecule has 0 heterocycles. The first kappa shape index (κ1) is 15.1. The topological polar surface area (TPSA) is 67.2 Å². The van der Waals surface area contributed by atoms with Crippen LogP contribution in [0.1, 0.15) is 11.1 Å². The number of nitrogens with two attached hydrogens (primary N) is 1. The van der Waals surface area contributed by atoms with Gasteiger partial charge in [-0.25, -0.2) is 4.79 Å². The summed E-state index contributed by atoms with van der Waals surface area (Å²) in [5, 5.41) is 5.72. The van der Waals surface area contributed by atoms with E-state index in [2.05, 4.69) is 10.6 Å². The second-order valence-corrected chi connectivity index (χ2v) is 5.09. The van der Waals surface area contributed by atoms with Crippen LogP contribution in [0.5, 0.6) is 0 Å². The highest BCUT2D eigenvalue weighted by Gasteiger charge is 2.11. The monoisotopic (exact) mass is 283 g/mol. The molecule has 0 spiro atoms. The van der Waals surface area contributed by atoms with Crippen LogP contribution in [0.15, 0.2) is 54.6 Å². The Hall–Kier alpha value is -2.33. The molecule has 0 bridgehead atoms. The van der Waals surface area contributed by atoms with Crippen molar-refractivity contribution >= 4 is 11.7 Å². The molecule has 2 amide bonds. The Morgan fingerprint density at radius 3 is 2.38 bits per heavy atom. The molecule has 4 nitrogen and oxygen atoms in total. The Bertz CT molecular complexity index is 566. The minimum absolute atomic E-state index is 0.0853. The predicted molar refractivity (Wildman–Crippen MR) is 86.3 cm³/mol. The van der Waals surface area contributed by atoms with Crippen LogP contribution in [0.4, 0.5) is 10.5 Å². The normalized spacial score (nSPS) is 11.7. The Balaban J connectivity index is 1.89. The lowest BCUT2D eigenvalue weighted by molar-refractivity contribution is 0.248. The van der Waals surface area contributed by atoms with E-state index in [-0.39, 0.29) is 12.1 Å². The maximum atomic E-state index is 12.0. The van der Waals surface area contributed by atoms with Gasteiger partial charge >= 0.3 is 6.03 Å². The number of carbonyl (C=O) groups is 1. The van der Waals surface area contributed by atoms with Crippen LogP contribution in [-0.4, -0.2) is 18.6 Å². The third kappa shape index (κ3) is 4.93. The summed E-state index contributed by atoms with van der Waals surface area (Å²) < 4.78 is 0. The highest BCUT2D eigenvalue weighted by atomic mass is 16.2. The predicted octanol–water partition coefficient (Wildman–Crippen LogP) is 2.69. The van der Waals surface area contributed by atoms with Crippen LogP contribution in [0.25, 0.3) is 0 Å². The van der Waals surface area contributed by atoms with Crippen molar-refractivity contribution in [2.45, 2.75) is 19.4 Å². The number of hydrogen-bond donors (Lipinski definition) is 3. The van der Waals surface area contributed by atoms with Gasteiger partial charge in [0.1, 0.15) is 0 Å². The van der Waals surface area contributed by atoms with Crippen LogP contribution >= 0.6 is 0 Å². The van der Waals surface area contributed by atoms with E-state index in [0.717, 1.165) is 23.2 Å². The fraction of sp³-hybridized carbons (Fsp3) is 0.235. The highest BCUT2D eigenvalue weighted by Crippen LogP contribution is 2.08. The minimum atomic E-state index is -0.231. The number of rotatable bonds is 5. The van der Waals surface area contributed by atoms with Crippen molar-refractivity contribution in [2.24, 2.45) is 5.73 Å². The van der Waals surface area contributed by atoms with Gasteiger partial charge in [0.05, 0.1) is 0 Å². The SMILES string of the molecule is Cc1ccc(NC(=O)NC(CN)Cc2ccccc2)cc1. The maximum absolute atomic E-state index is 12.0. The van der Waals surface area contributed by atoms with Crippen molar-refractivity contribution in [2.75, 3.05) is 11.9 Å². The number of urea groups is 1. The van der Waals surface area contributed by atoms with Gasteiger partial charge in [-0.15, -0.1) is 0 Å². The summed E-state index contributed by atoms with van der Waals surface area (Å²) in [5.41, 5.74) is 8.82. The standard InChI is InChI=1S/C17H21N3O/c1-13-7-9-15(10-8-13)19-17(21)20-16(12-18)11-14-5-3-2-4-6-14/h2-10,16H,11-12,18H2,1H3,(H2,19,20,21). The zero-order chi connectivity index (χ0) is 15.1. The van der Waals surface area contributed by atoms with Gasteiger partial charge < -0.3 is 16.4 Å². The maximum Gasteiger partial charge on any atom is 0.319 e. The van der Waals surface area contributed by atoms with E-state index in [4.69, 9.17) is 5.73 Å². The third-order valence-electron chi connectivity index (χ3n) is 3.25. The van der Waals surface area contributed by atoms with Crippen LogP contribution in [0.2, 0.25) is 0 Å². The second kappa shape index (κ2) is 7.45. The van der Waals surface area contributed by atoms with Gasteiger partial charge in [0.2, 0.25) is 0 Å². The number of carbonyl (C=O) groups excluding carboxylic acids is 1. The quantitative estimate of drug-likeness (QED) is 0.789. The van der Waals surface area contributed by atoms with Gasteiger partial charge in [-0.1, -0.05) is 48.0 Å². The molecule has 110 valence electrons. The first-order valence-corrected chi connectivity index (χ1v) is 7.05. The van der Waals surface area contributed by atoms with E-state index in [1.165, 1.54) is 0 Å². The number of anilines is 1. The Morgan fingerprint density at radius 2 is 1.76 bits per heavy atom. The van der Waals surface area contributed by atoms with E-state index < -0.39 is 0 Å². The molecule has 21 heavy (non-hydrogen) atoms. The molecule has 1 atom stereocenters. The molecule has 4 N–H and O–H groups in total. The molecule has 2 aromatic rings. The minimum Gasteiger partial charge on any atom is -0.334 e. The molecule has 0 saturated carbocycles. The lowest BCUT2D eigenvalue weighted by Gasteiger charge is -2.17. The summed E-state index contributed by atoms with van der Waals surface area (Å²) >= 11 is 0. The molecule has 0 aliphatic carbocycles. The molecule has 0 aromatic heterocycles. The molecule has 0 radical (unpaired) electrons. The Morgan fingerprint density at radius 1 is 1.10 bits per heavy atom. The van der Waals surface area contributed by atoms with Gasteiger partial charge in [0, 0.05) is 18.3 Å². The summed E-state index contributed by atoms with van der Waals surface area (Å²) in [6.45, 7) is 2.41. The smallest absolute Gasteiger partial charge is 0.319 e. The average Bonchev–Trinajstić information content (AvgIpc) is 2.50. The number of hydrogen-bond acceptors (Lipinski definition) is 2. The van der Waals surface area contributed by atoms with Crippen LogP contribution in [0.3, 0.4) is 0 Å². The average molecular weight is 283 g/mol. The molecular weight excluding hydrogens is 262 g/mol. The molecule has 2 rings (SSSR count). The van der Waals surface area contributed by atoms with E-state index in [0.29, 0.717) is 6.54 Å². The molecule has 0 aliphatic rings. The van der Waals surface area contributed by atoms with Crippen molar-refractivity contribution in [3.8, 4) is 0 Å². The molecule has 0 aliphatic heterocycles. The summed E-state index contributed by atoms with van der Waals surface area (Å²) in [7, 11) is 0. The van der Waals surface area contributed by atoms with Crippen molar-refractivity contribution in [1.82, 2.24) is 5.32 Å². The fourth-order valence-electron chi connectivity index (χ4n) is 2.08. The van der Waals surface area contributed by atoms with Crippen molar-refractivity contribution in [3.63, 3.8) is 0 Å². The van der Waals surface area contributed by atoms with Crippen LogP contribution in [-0.2, 0) is 6.42 Å². The molecule has 0 fully saturated rings. The van der Waals surface area contributed by atoms with Crippen molar-refractivity contribution in [1.29, 1.82) is 0 Å². The Kier molecular flexibility index (Phi) is 5.35.